The van der Waals surface area contributed by atoms with E-state index in [1.807, 2.05) is 0 Å². The van der Waals surface area contributed by atoms with E-state index in [2.05, 4.69) is 19.2 Å². The van der Waals surface area contributed by atoms with Crippen LogP contribution >= 0.6 is 0 Å². The Morgan fingerprint density at radius 2 is 1.12 bits per heavy atom. The maximum atomic E-state index is 13.0. The Labute approximate surface area is 264 Å². The van der Waals surface area contributed by atoms with Crippen LogP contribution in [0, 0.1) is 0 Å². The van der Waals surface area contributed by atoms with E-state index in [0.717, 1.165) is 38.5 Å². The second-order valence-electron chi connectivity index (χ2n) is 13.5. The van der Waals surface area contributed by atoms with E-state index >= 15 is 0 Å². The lowest BCUT2D eigenvalue weighted by Crippen LogP contribution is -2.50. The van der Waals surface area contributed by atoms with Crippen molar-refractivity contribution in [3.05, 3.63) is 0 Å². The van der Waals surface area contributed by atoms with E-state index in [1.165, 1.54) is 81.9 Å². The van der Waals surface area contributed by atoms with Crippen LogP contribution in [0.5, 0.6) is 0 Å². The first-order valence-corrected chi connectivity index (χ1v) is 17.8. The summed E-state index contributed by atoms with van der Waals surface area (Å²) >= 11 is 0. The van der Waals surface area contributed by atoms with E-state index in [-0.39, 0.29) is 19.1 Å². The minimum Gasteiger partial charge on any atom is -0.480 e. The molecule has 8 heteroatoms. The Bertz CT molecular complexity index is 669. The number of carboxylic acid groups (broad SMARTS) is 1. The number of carboxylic acids is 1. The Balaban J connectivity index is 4.53. The number of hydrogen-bond acceptors (Lipinski definition) is 6. The molecule has 0 aliphatic carbocycles. The number of carbonyl (C=O) groups excluding carboxylic acids is 1. The van der Waals surface area contributed by atoms with Crippen molar-refractivity contribution in [3.63, 3.8) is 0 Å². The maximum Gasteiger partial charge on any atom is 0.411 e. The van der Waals surface area contributed by atoms with Gasteiger partial charge in [0.1, 0.15) is 11.6 Å². The third-order valence-corrected chi connectivity index (χ3v) is 7.94. The van der Waals surface area contributed by atoms with Gasteiger partial charge in [0.2, 0.25) is 0 Å². The lowest BCUT2D eigenvalue weighted by Gasteiger charge is -2.33. The standard InChI is InChI=1S/C35H70N2O6/c1-6-8-10-12-14-16-18-20-24-30(38)28-36-27-23-22-26-32(33(40)41)37(34(42)43-35(3,4)5)29-31(39)25-21-19-17-15-13-11-9-7-2/h30-32,36,38-39H,6-29H2,1-5H3,(H,40,41)/t30-,31-,32+/m1/s1. The van der Waals surface area contributed by atoms with Crippen molar-refractivity contribution in [2.75, 3.05) is 19.6 Å². The van der Waals surface area contributed by atoms with Gasteiger partial charge in [0.15, 0.2) is 0 Å². The number of aliphatic hydroxyl groups excluding tert-OH is 2. The number of rotatable bonds is 29. The molecule has 8 nitrogen and oxygen atoms in total. The number of aliphatic carboxylic acids is 1. The second-order valence-corrected chi connectivity index (χ2v) is 13.5. The molecule has 0 fully saturated rings. The van der Waals surface area contributed by atoms with Crippen LogP contribution in [-0.2, 0) is 9.53 Å². The molecule has 0 aliphatic heterocycles. The average Bonchev–Trinajstić information content (AvgIpc) is 2.93. The van der Waals surface area contributed by atoms with E-state index in [0.29, 0.717) is 25.9 Å². The minimum absolute atomic E-state index is 0.0500. The highest BCUT2D eigenvalue weighted by molar-refractivity contribution is 5.80. The van der Waals surface area contributed by atoms with Gasteiger partial charge in [0, 0.05) is 6.54 Å². The molecule has 0 aromatic carbocycles. The summed E-state index contributed by atoms with van der Waals surface area (Å²) < 4.78 is 5.53. The van der Waals surface area contributed by atoms with Gasteiger partial charge in [-0.2, -0.15) is 0 Å². The minimum atomic E-state index is -1.08. The quantitative estimate of drug-likeness (QED) is 0.0627. The summed E-state index contributed by atoms with van der Waals surface area (Å²) in [7, 11) is 0. The first-order valence-electron chi connectivity index (χ1n) is 17.8. The van der Waals surface area contributed by atoms with Crippen molar-refractivity contribution in [3.8, 4) is 0 Å². The zero-order chi connectivity index (χ0) is 32.3. The van der Waals surface area contributed by atoms with Crippen LogP contribution in [0.15, 0.2) is 0 Å². The first kappa shape index (κ1) is 41.6. The molecule has 256 valence electrons. The fourth-order valence-corrected chi connectivity index (χ4v) is 5.37. The van der Waals surface area contributed by atoms with E-state index in [4.69, 9.17) is 4.74 Å². The normalized spacial score (nSPS) is 13.9. The number of ether oxygens (including phenoxy) is 1. The summed E-state index contributed by atoms with van der Waals surface area (Å²) in [5.41, 5.74) is -0.763. The Morgan fingerprint density at radius 1 is 0.674 bits per heavy atom. The molecule has 3 atom stereocenters. The fourth-order valence-electron chi connectivity index (χ4n) is 5.37. The van der Waals surface area contributed by atoms with E-state index < -0.39 is 29.8 Å². The molecule has 0 saturated carbocycles. The number of amides is 1. The first-order chi connectivity index (χ1) is 20.5. The Kier molecular flexibility index (Phi) is 26.1. The molecule has 0 heterocycles. The maximum absolute atomic E-state index is 13.0. The van der Waals surface area contributed by atoms with Gasteiger partial charge in [-0.25, -0.2) is 9.59 Å². The molecule has 0 saturated heterocycles. The highest BCUT2D eigenvalue weighted by Crippen LogP contribution is 2.18. The molecular formula is C35H70N2O6. The van der Waals surface area contributed by atoms with Crippen LogP contribution in [-0.4, -0.2) is 75.8 Å². The Hall–Kier alpha value is -1.38. The lowest BCUT2D eigenvalue weighted by atomic mass is 10.0. The summed E-state index contributed by atoms with van der Waals surface area (Å²) in [6, 6.07) is -1.06. The van der Waals surface area contributed by atoms with Crippen molar-refractivity contribution < 1.29 is 29.6 Å². The molecule has 4 N–H and O–H groups in total. The van der Waals surface area contributed by atoms with Crippen molar-refractivity contribution in [2.24, 2.45) is 0 Å². The number of hydrogen-bond donors (Lipinski definition) is 4. The highest BCUT2D eigenvalue weighted by atomic mass is 16.6. The molecule has 0 aromatic heterocycles. The number of nitrogens with one attached hydrogen (secondary N) is 1. The third-order valence-electron chi connectivity index (χ3n) is 7.94. The van der Waals surface area contributed by atoms with Gasteiger partial charge in [-0.15, -0.1) is 0 Å². The van der Waals surface area contributed by atoms with E-state index in [1.54, 1.807) is 20.8 Å². The summed E-state index contributed by atoms with van der Waals surface area (Å²) in [6.07, 6.45) is 20.3. The zero-order valence-corrected chi connectivity index (χ0v) is 28.7. The summed E-state index contributed by atoms with van der Waals surface area (Å²) in [6.45, 7) is 10.9. The van der Waals surface area contributed by atoms with Gasteiger partial charge in [0.05, 0.1) is 18.8 Å². The van der Waals surface area contributed by atoms with Gasteiger partial charge >= 0.3 is 12.1 Å². The summed E-state index contributed by atoms with van der Waals surface area (Å²) in [4.78, 5) is 26.5. The number of unbranched alkanes of at least 4 members (excludes halogenated alkanes) is 15. The van der Waals surface area contributed by atoms with E-state index in [9.17, 15) is 24.9 Å². The molecule has 43 heavy (non-hydrogen) atoms. The molecule has 0 spiro atoms. The molecule has 0 radical (unpaired) electrons. The molecule has 0 aromatic rings. The molecule has 1 amide bonds. The van der Waals surface area contributed by atoms with Crippen LogP contribution in [0.2, 0.25) is 0 Å². The predicted molar refractivity (Wildman–Crippen MR) is 178 cm³/mol. The van der Waals surface area contributed by atoms with Crippen molar-refractivity contribution >= 4 is 12.1 Å². The highest BCUT2D eigenvalue weighted by Gasteiger charge is 2.33. The number of carbonyl (C=O) groups is 2. The number of nitrogens with zero attached hydrogens (tertiary/aromatic N) is 1. The monoisotopic (exact) mass is 615 g/mol. The Morgan fingerprint density at radius 3 is 1.58 bits per heavy atom. The van der Waals surface area contributed by atoms with Crippen LogP contribution in [0.4, 0.5) is 4.79 Å². The second kappa shape index (κ2) is 27.0. The number of aliphatic hydroxyl groups is 2. The molecule has 0 unspecified atom stereocenters. The smallest absolute Gasteiger partial charge is 0.411 e. The lowest BCUT2D eigenvalue weighted by molar-refractivity contribution is -0.144. The molecule has 0 rings (SSSR count). The molecule has 0 aliphatic rings. The average molecular weight is 615 g/mol. The fraction of sp³-hybridized carbons (Fsp3) is 0.943. The van der Waals surface area contributed by atoms with Gasteiger partial charge in [-0.05, 0) is 59.4 Å². The largest absolute Gasteiger partial charge is 0.480 e. The van der Waals surface area contributed by atoms with Crippen LogP contribution in [0.25, 0.3) is 0 Å². The summed E-state index contributed by atoms with van der Waals surface area (Å²) in [5, 5.41) is 34.3. The summed E-state index contributed by atoms with van der Waals surface area (Å²) in [5.74, 6) is -1.08. The van der Waals surface area contributed by atoms with Crippen LogP contribution in [0.3, 0.4) is 0 Å². The topological polar surface area (TPSA) is 119 Å². The zero-order valence-electron chi connectivity index (χ0n) is 28.7. The molecule has 0 bridgehead atoms. The third kappa shape index (κ3) is 25.6. The van der Waals surface area contributed by atoms with Crippen LogP contribution in [0.1, 0.15) is 169 Å². The van der Waals surface area contributed by atoms with Crippen molar-refractivity contribution in [1.82, 2.24) is 10.2 Å². The predicted octanol–water partition coefficient (Wildman–Crippen LogP) is 8.22. The van der Waals surface area contributed by atoms with Crippen LogP contribution < -0.4 is 5.32 Å². The molecular weight excluding hydrogens is 544 g/mol. The van der Waals surface area contributed by atoms with Crippen molar-refractivity contribution in [1.29, 1.82) is 0 Å². The van der Waals surface area contributed by atoms with Gasteiger partial charge in [-0.1, -0.05) is 117 Å². The van der Waals surface area contributed by atoms with Gasteiger partial charge in [-0.3, -0.25) is 4.90 Å². The van der Waals surface area contributed by atoms with Crippen molar-refractivity contribution in [2.45, 2.75) is 193 Å². The van der Waals surface area contributed by atoms with Gasteiger partial charge < -0.3 is 25.4 Å². The SMILES string of the molecule is CCCCCCCCCC[C@@H](O)CNCCCC[C@@H](C(=O)O)N(C[C@H](O)CCCCCCCCCC)C(=O)OC(C)(C)C. The van der Waals surface area contributed by atoms with Gasteiger partial charge in [0.25, 0.3) is 0 Å².